The lowest BCUT2D eigenvalue weighted by atomic mass is 9.97. The Kier molecular flexibility index (Phi) is 7.34. The Balaban J connectivity index is 2.21. The Morgan fingerprint density at radius 1 is 1.00 bits per heavy atom. The lowest BCUT2D eigenvalue weighted by Gasteiger charge is -2.32. The van der Waals surface area contributed by atoms with Gasteiger partial charge < -0.3 is 5.11 Å². The van der Waals surface area contributed by atoms with E-state index in [1.165, 1.54) is 37.3 Å². The first kappa shape index (κ1) is 24.6. The molecule has 3 aromatic rings. The number of aryl methyl sites for hydroxylation is 1. The molecule has 0 unspecified atom stereocenters. The van der Waals surface area contributed by atoms with Gasteiger partial charge in [-0.3, -0.25) is 9.10 Å². The van der Waals surface area contributed by atoms with Crippen molar-refractivity contribution in [1.82, 2.24) is 0 Å². The van der Waals surface area contributed by atoms with Gasteiger partial charge >= 0.3 is 5.97 Å². The largest absolute Gasteiger partial charge is 0.481 e. The second-order valence-corrected chi connectivity index (χ2v) is 9.51. The average molecular weight is 498 g/mol. The second kappa shape index (κ2) is 9.84. The summed E-state index contributed by atoms with van der Waals surface area (Å²) in [7, 11) is -4.46. The lowest BCUT2D eigenvalue weighted by molar-refractivity contribution is -0.136. The highest BCUT2D eigenvalue weighted by molar-refractivity contribution is 7.92. The van der Waals surface area contributed by atoms with Crippen LogP contribution in [0.25, 0.3) is 0 Å². The molecule has 0 heterocycles. The van der Waals surface area contributed by atoms with E-state index in [-0.39, 0.29) is 33.9 Å². The van der Waals surface area contributed by atoms with Crippen LogP contribution in [-0.2, 0) is 21.2 Å². The first-order chi connectivity index (χ1) is 15.5. The number of halogens is 4. The first-order valence-electron chi connectivity index (χ1n) is 9.76. The van der Waals surface area contributed by atoms with Crippen LogP contribution in [0.4, 0.5) is 18.9 Å². The van der Waals surface area contributed by atoms with Gasteiger partial charge in [0.05, 0.1) is 16.6 Å². The van der Waals surface area contributed by atoms with E-state index in [1.807, 2.05) is 0 Å². The molecule has 0 saturated heterocycles. The molecule has 33 heavy (non-hydrogen) atoms. The van der Waals surface area contributed by atoms with Gasteiger partial charge in [0, 0.05) is 17.5 Å². The Hall–Kier alpha value is -3.04. The van der Waals surface area contributed by atoms with Crippen LogP contribution < -0.4 is 4.31 Å². The van der Waals surface area contributed by atoms with Crippen LogP contribution >= 0.6 is 11.6 Å². The number of sulfonamides is 1. The predicted octanol–water partition coefficient (Wildman–Crippen LogP) is 5.73. The van der Waals surface area contributed by atoms with Crippen LogP contribution in [0.1, 0.15) is 30.5 Å². The molecule has 0 radical (unpaired) electrons. The number of hydrogen-bond acceptors (Lipinski definition) is 3. The van der Waals surface area contributed by atoms with Gasteiger partial charge in [-0.1, -0.05) is 17.7 Å². The van der Waals surface area contributed by atoms with Crippen LogP contribution in [0, 0.1) is 17.5 Å². The Morgan fingerprint density at radius 3 is 2.24 bits per heavy atom. The van der Waals surface area contributed by atoms with Gasteiger partial charge in [-0.2, -0.15) is 0 Å². The van der Waals surface area contributed by atoms with E-state index < -0.39 is 45.2 Å². The minimum absolute atomic E-state index is 0.0900. The van der Waals surface area contributed by atoms with Crippen molar-refractivity contribution < 1.29 is 31.5 Å². The molecule has 0 aromatic heterocycles. The molecule has 10 heteroatoms. The van der Waals surface area contributed by atoms with Gasteiger partial charge in [0.15, 0.2) is 0 Å². The molecule has 0 fully saturated rings. The van der Waals surface area contributed by atoms with Crippen molar-refractivity contribution >= 4 is 33.3 Å². The molecule has 0 aliphatic carbocycles. The number of carbonyl (C=O) groups is 1. The van der Waals surface area contributed by atoms with Crippen LogP contribution in [-0.4, -0.2) is 19.5 Å². The number of carboxylic acid groups (broad SMARTS) is 1. The van der Waals surface area contributed by atoms with Crippen LogP contribution in [0.2, 0.25) is 5.02 Å². The molecular formula is C23H19ClF3NO4S. The lowest BCUT2D eigenvalue weighted by Crippen LogP contribution is -2.35. The molecule has 0 spiro atoms. The summed E-state index contributed by atoms with van der Waals surface area (Å²) in [5.74, 6) is -3.62. The molecule has 0 bridgehead atoms. The monoisotopic (exact) mass is 497 g/mol. The zero-order chi connectivity index (χ0) is 24.3. The Morgan fingerprint density at radius 2 is 1.61 bits per heavy atom. The molecule has 0 amide bonds. The minimum Gasteiger partial charge on any atom is -0.481 e. The van der Waals surface area contributed by atoms with E-state index in [2.05, 4.69) is 0 Å². The number of carboxylic acids is 1. The fourth-order valence-corrected chi connectivity index (χ4v) is 5.25. The van der Waals surface area contributed by atoms with Crippen LogP contribution in [0.3, 0.4) is 0 Å². The van der Waals surface area contributed by atoms with E-state index in [0.29, 0.717) is 4.31 Å². The summed E-state index contributed by atoms with van der Waals surface area (Å²) in [6.45, 7) is 1.43. The number of aliphatic carboxylic acids is 1. The number of benzene rings is 3. The fraction of sp³-hybridized carbons (Fsp3) is 0.174. The average Bonchev–Trinajstić information content (AvgIpc) is 2.75. The SMILES string of the molecule is C[C@H](c1ccc(F)cc1CCC(=O)O)N(c1cc(F)ccc1F)S(=O)(=O)c1ccc(Cl)cc1. The predicted molar refractivity (Wildman–Crippen MR) is 118 cm³/mol. The van der Waals surface area contributed by atoms with E-state index in [1.54, 1.807) is 0 Å². The summed E-state index contributed by atoms with van der Waals surface area (Å²) in [6.07, 6.45) is -0.422. The van der Waals surface area contributed by atoms with E-state index >= 15 is 0 Å². The van der Waals surface area contributed by atoms with Crippen LogP contribution in [0.15, 0.2) is 65.6 Å². The molecule has 1 atom stereocenters. The highest BCUT2D eigenvalue weighted by atomic mass is 35.5. The fourth-order valence-electron chi connectivity index (χ4n) is 3.49. The van der Waals surface area contributed by atoms with Crippen LogP contribution in [0.5, 0.6) is 0 Å². The topological polar surface area (TPSA) is 74.7 Å². The Labute approximate surface area is 194 Å². The maximum absolute atomic E-state index is 14.8. The highest BCUT2D eigenvalue weighted by Crippen LogP contribution is 2.37. The van der Waals surface area contributed by atoms with E-state index in [4.69, 9.17) is 16.7 Å². The smallest absolute Gasteiger partial charge is 0.303 e. The summed E-state index contributed by atoms with van der Waals surface area (Å²) in [5.41, 5.74) is -0.0668. The number of anilines is 1. The molecule has 1 N–H and O–H groups in total. The summed E-state index contributed by atoms with van der Waals surface area (Å²) < 4.78 is 70.6. The minimum atomic E-state index is -4.46. The van der Waals surface area contributed by atoms with Crippen molar-refractivity contribution in [3.05, 3.63) is 94.3 Å². The van der Waals surface area contributed by atoms with E-state index in [9.17, 15) is 26.4 Å². The van der Waals surface area contributed by atoms with Gasteiger partial charge in [-0.05, 0) is 73.0 Å². The number of hydrogen-bond donors (Lipinski definition) is 1. The normalized spacial score (nSPS) is 12.4. The second-order valence-electron chi connectivity index (χ2n) is 7.26. The van der Waals surface area contributed by atoms with Gasteiger partial charge in [0.25, 0.3) is 10.0 Å². The van der Waals surface area contributed by atoms with Crippen molar-refractivity contribution in [3.8, 4) is 0 Å². The summed E-state index contributed by atoms with van der Waals surface area (Å²) in [5, 5.41) is 9.30. The number of rotatable bonds is 8. The third kappa shape index (κ3) is 5.48. The Bertz CT molecular complexity index is 1280. The van der Waals surface area contributed by atoms with Gasteiger partial charge in [0.2, 0.25) is 0 Å². The summed E-state index contributed by atoms with van der Waals surface area (Å²) in [6, 6.07) is 9.89. The van der Waals surface area contributed by atoms with Gasteiger partial charge in [-0.15, -0.1) is 0 Å². The summed E-state index contributed by atoms with van der Waals surface area (Å²) >= 11 is 5.86. The highest BCUT2D eigenvalue weighted by Gasteiger charge is 2.33. The third-order valence-electron chi connectivity index (χ3n) is 5.03. The molecular weight excluding hydrogens is 479 g/mol. The zero-order valence-electron chi connectivity index (χ0n) is 17.3. The van der Waals surface area contributed by atoms with Crippen molar-refractivity contribution in [2.24, 2.45) is 0 Å². The van der Waals surface area contributed by atoms with Gasteiger partial charge in [0.1, 0.15) is 17.5 Å². The van der Waals surface area contributed by atoms with Crippen molar-refractivity contribution in [3.63, 3.8) is 0 Å². The third-order valence-corrected chi connectivity index (χ3v) is 7.18. The maximum Gasteiger partial charge on any atom is 0.303 e. The molecule has 0 aliphatic rings. The van der Waals surface area contributed by atoms with E-state index in [0.717, 1.165) is 30.3 Å². The molecule has 5 nitrogen and oxygen atoms in total. The number of nitrogens with zero attached hydrogens (tertiary/aromatic N) is 1. The van der Waals surface area contributed by atoms with Crippen molar-refractivity contribution in [2.45, 2.75) is 30.7 Å². The standard InChI is InChI=1S/C23H19ClF3NO4S/c1-14(20-9-5-17(25)12-15(20)2-11-23(29)30)28(22-13-18(26)6-10-21(22)27)33(31,32)19-7-3-16(24)4-8-19/h3-10,12-14H,2,11H2,1H3,(H,29,30)/t14-/m1/s1. The van der Waals surface area contributed by atoms with Crippen molar-refractivity contribution in [1.29, 1.82) is 0 Å². The molecule has 3 aromatic carbocycles. The maximum atomic E-state index is 14.8. The van der Waals surface area contributed by atoms with Gasteiger partial charge in [-0.25, -0.2) is 21.6 Å². The first-order valence-corrected chi connectivity index (χ1v) is 11.6. The quantitative estimate of drug-likeness (QED) is 0.431. The molecule has 174 valence electrons. The molecule has 0 aliphatic heterocycles. The molecule has 0 saturated carbocycles. The summed E-state index contributed by atoms with van der Waals surface area (Å²) in [4.78, 5) is 10.8. The zero-order valence-corrected chi connectivity index (χ0v) is 18.9. The molecule has 3 rings (SSSR count). The van der Waals surface area contributed by atoms with Crippen molar-refractivity contribution in [2.75, 3.05) is 4.31 Å².